The van der Waals surface area contributed by atoms with Gasteiger partial charge in [-0.1, -0.05) is 11.6 Å². The van der Waals surface area contributed by atoms with Crippen molar-refractivity contribution in [1.82, 2.24) is 0 Å². The van der Waals surface area contributed by atoms with Gasteiger partial charge in [0.25, 0.3) is 0 Å². The van der Waals surface area contributed by atoms with Gasteiger partial charge in [-0.15, -0.1) is 24.0 Å². The third kappa shape index (κ3) is 2.30. The van der Waals surface area contributed by atoms with E-state index in [4.69, 9.17) is 17.3 Å². The van der Waals surface area contributed by atoms with Crippen LogP contribution in [0, 0.1) is 5.82 Å². The molecule has 56 valence electrons. The number of nitrogen functional groups attached to an aromatic ring is 1. The van der Waals surface area contributed by atoms with Gasteiger partial charge in [-0.25, -0.2) is 4.39 Å². The van der Waals surface area contributed by atoms with Crippen molar-refractivity contribution in [2.75, 3.05) is 5.73 Å². The van der Waals surface area contributed by atoms with E-state index in [1.54, 1.807) is 6.07 Å². The lowest BCUT2D eigenvalue weighted by molar-refractivity contribution is 0.629. The van der Waals surface area contributed by atoms with Gasteiger partial charge in [0, 0.05) is 5.69 Å². The first-order valence-electron chi connectivity index (χ1n) is 2.40. The summed E-state index contributed by atoms with van der Waals surface area (Å²) in [6.45, 7) is 0. The maximum Gasteiger partial charge on any atom is 0.143 e. The number of anilines is 1. The van der Waals surface area contributed by atoms with E-state index in [0.717, 1.165) is 0 Å². The van der Waals surface area contributed by atoms with Gasteiger partial charge >= 0.3 is 0 Å². The Morgan fingerprint density at radius 3 is 2.40 bits per heavy atom. The van der Waals surface area contributed by atoms with E-state index in [-0.39, 0.29) is 29.0 Å². The summed E-state index contributed by atoms with van der Waals surface area (Å²) in [5.74, 6) is -0.475. The molecule has 1 aromatic carbocycles. The molecule has 0 aliphatic carbocycles. The van der Waals surface area contributed by atoms with Crippen LogP contribution in [0.1, 0.15) is 0 Å². The smallest absolute Gasteiger partial charge is 0.143 e. The molecule has 0 aliphatic heterocycles. The molecule has 0 aliphatic rings. The van der Waals surface area contributed by atoms with E-state index in [2.05, 4.69) is 0 Å². The van der Waals surface area contributed by atoms with Crippen LogP contribution in [0.4, 0.5) is 10.1 Å². The number of benzene rings is 1. The highest BCUT2D eigenvalue weighted by Gasteiger charge is 1.96. The van der Waals surface area contributed by atoms with Gasteiger partial charge < -0.3 is 5.73 Å². The molecule has 2 N–H and O–H groups in total. The first-order valence-corrected chi connectivity index (χ1v) is 2.78. The zero-order valence-corrected chi connectivity index (χ0v) is 8.06. The van der Waals surface area contributed by atoms with Crippen LogP contribution in [-0.4, -0.2) is 0 Å². The van der Waals surface area contributed by atoms with Crippen LogP contribution >= 0.6 is 35.6 Å². The van der Waals surface area contributed by atoms with E-state index in [9.17, 15) is 4.39 Å². The van der Waals surface area contributed by atoms with Crippen molar-refractivity contribution in [3.05, 3.63) is 29.0 Å². The first kappa shape index (κ1) is 9.97. The van der Waals surface area contributed by atoms with Crippen molar-refractivity contribution < 1.29 is 4.39 Å². The fourth-order valence-electron chi connectivity index (χ4n) is 0.512. The summed E-state index contributed by atoms with van der Waals surface area (Å²) < 4.78 is 12.4. The summed E-state index contributed by atoms with van der Waals surface area (Å²) in [5, 5.41) is 0.101. The standard InChI is InChI=1S/C6H5ClFN.HI/c7-5-2-1-4(9)3-6(5)8;/h1-3H,9H2;1H. The third-order valence-corrected chi connectivity index (χ3v) is 1.25. The normalized spacial score (nSPS) is 8.60. The second-order valence-electron chi connectivity index (χ2n) is 1.67. The molecule has 1 nitrogen and oxygen atoms in total. The predicted octanol–water partition coefficient (Wildman–Crippen LogP) is 2.68. The molecule has 0 spiro atoms. The van der Waals surface area contributed by atoms with Gasteiger partial charge in [-0.2, -0.15) is 0 Å². The van der Waals surface area contributed by atoms with E-state index in [1.165, 1.54) is 12.1 Å². The summed E-state index contributed by atoms with van der Waals surface area (Å²) in [6, 6.07) is 4.15. The minimum absolute atomic E-state index is 0. The number of hydrogen-bond acceptors (Lipinski definition) is 1. The molecule has 0 radical (unpaired) electrons. The highest BCUT2D eigenvalue weighted by molar-refractivity contribution is 14.0. The Morgan fingerprint density at radius 1 is 1.40 bits per heavy atom. The zero-order chi connectivity index (χ0) is 6.85. The lowest BCUT2D eigenvalue weighted by Gasteiger charge is -1.93. The van der Waals surface area contributed by atoms with Crippen molar-refractivity contribution in [1.29, 1.82) is 0 Å². The van der Waals surface area contributed by atoms with Gasteiger partial charge in [0.15, 0.2) is 0 Å². The van der Waals surface area contributed by atoms with Crippen molar-refractivity contribution in [3.63, 3.8) is 0 Å². The van der Waals surface area contributed by atoms with Crippen LogP contribution in [0.5, 0.6) is 0 Å². The molecular formula is C6H6ClFIN. The minimum atomic E-state index is -0.475. The Bertz CT molecular complexity index is 229. The molecule has 10 heavy (non-hydrogen) atoms. The van der Waals surface area contributed by atoms with E-state index < -0.39 is 5.82 Å². The van der Waals surface area contributed by atoms with Gasteiger partial charge in [0.2, 0.25) is 0 Å². The highest BCUT2D eigenvalue weighted by atomic mass is 127. The average molecular weight is 273 g/mol. The molecule has 0 heterocycles. The highest BCUT2D eigenvalue weighted by Crippen LogP contribution is 2.15. The van der Waals surface area contributed by atoms with Crippen LogP contribution in [0.3, 0.4) is 0 Å². The topological polar surface area (TPSA) is 26.0 Å². The van der Waals surface area contributed by atoms with Crippen LogP contribution in [0.15, 0.2) is 18.2 Å². The minimum Gasteiger partial charge on any atom is -0.399 e. The summed E-state index contributed by atoms with van der Waals surface area (Å²) in [5.41, 5.74) is 5.61. The third-order valence-electron chi connectivity index (χ3n) is 0.944. The number of hydrogen-bond donors (Lipinski definition) is 1. The molecule has 4 heteroatoms. The van der Waals surface area contributed by atoms with Crippen molar-refractivity contribution in [2.24, 2.45) is 0 Å². The predicted molar refractivity (Wildman–Crippen MR) is 51.2 cm³/mol. The molecule has 0 aromatic heterocycles. The summed E-state index contributed by atoms with van der Waals surface area (Å²) >= 11 is 5.35. The van der Waals surface area contributed by atoms with Crippen molar-refractivity contribution >= 4 is 41.3 Å². The summed E-state index contributed by atoms with van der Waals surface area (Å²) in [7, 11) is 0. The fraction of sp³-hybridized carbons (Fsp3) is 0. The fourth-order valence-corrected chi connectivity index (χ4v) is 0.630. The second kappa shape index (κ2) is 3.98. The lowest BCUT2D eigenvalue weighted by Crippen LogP contribution is -1.85. The quantitative estimate of drug-likeness (QED) is 0.571. The molecule has 0 saturated carbocycles. The van der Waals surface area contributed by atoms with Crippen LogP contribution in [0.25, 0.3) is 0 Å². The average Bonchev–Trinajstić information content (AvgIpc) is 1.80. The van der Waals surface area contributed by atoms with Crippen molar-refractivity contribution in [2.45, 2.75) is 0 Å². The van der Waals surface area contributed by atoms with E-state index >= 15 is 0 Å². The summed E-state index contributed by atoms with van der Waals surface area (Å²) in [6.07, 6.45) is 0. The Labute approximate surface area is 80.4 Å². The van der Waals surface area contributed by atoms with Gasteiger partial charge in [-0.3, -0.25) is 0 Å². The Hall–Kier alpha value is -0.0300. The maximum absolute atomic E-state index is 12.4. The van der Waals surface area contributed by atoms with E-state index in [0.29, 0.717) is 5.69 Å². The molecule has 0 bridgehead atoms. The second-order valence-corrected chi connectivity index (χ2v) is 2.08. The van der Waals surface area contributed by atoms with Gasteiger partial charge in [-0.05, 0) is 18.2 Å². The number of rotatable bonds is 0. The number of halogens is 3. The van der Waals surface area contributed by atoms with E-state index in [1.807, 2.05) is 0 Å². The Morgan fingerprint density at radius 2 is 2.00 bits per heavy atom. The zero-order valence-electron chi connectivity index (χ0n) is 4.97. The van der Waals surface area contributed by atoms with Crippen molar-refractivity contribution in [3.8, 4) is 0 Å². The molecule has 0 amide bonds. The van der Waals surface area contributed by atoms with Gasteiger partial charge in [0.05, 0.1) is 5.02 Å². The van der Waals surface area contributed by atoms with Crippen LogP contribution < -0.4 is 5.73 Å². The first-order chi connectivity index (χ1) is 4.20. The molecule has 0 unspecified atom stereocenters. The lowest BCUT2D eigenvalue weighted by atomic mass is 10.3. The molecule has 1 rings (SSSR count). The molecule has 0 saturated heterocycles. The molecular weight excluding hydrogens is 267 g/mol. The SMILES string of the molecule is I.Nc1ccc(Cl)c(F)c1. The Kier molecular flexibility index (Phi) is 3.96. The maximum atomic E-state index is 12.4. The summed E-state index contributed by atoms with van der Waals surface area (Å²) in [4.78, 5) is 0. The Balaban J connectivity index is 0.000000810. The van der Waals surface area contributed by atoms with Crippen LogP contribution in [0.2, 0.25) is 5.02 Å². The van der Waals surface area contributed by atoms with Crippen LogP contribution in [-0.2, 0) is 0 Å². The monoisotopic (exact) mass is 273 g/mol. The van der Waals surface area contributed by atoms with Gasteiger partial charge in [0.1, 0.15) is 5.82 Å². The number of nitrogens with two attached hydrogens (primary N) is 1. The molecule has 0 fully saturated rings. The molecule has 0 atom stereocenters. The molecule has 1 aromatic rings. The largest absolute Gasteiger partial charge is 0.399 e.